The number of esters is 1. The molecule has 1 aromatic heterocycles. The van der Waals surface area contributed by atoms with Crippen LogP contribution in [0.15, 0.2) is 18.3 Å². The molecule has 0 amide bonds. The Morgan fingerprint density at radius 3 is 2.94 bits per heavy atom. The largest absolute Gasteiger partial charge is 0.481 e. The predicted molar refractivity (Wildman–Crippen MR) is 59.0 cm³/mol. The minimum Gasteiger partial charge on any atom is -0.481 e. The van der Waals surface area contributed by atoms with Crippen LogP contribution in [0.4, 0.5) is 0 Å². The van der Waals surface area contributed by atoms with Crippen molar-refractivity contribution in [1.29, 1.82) is 0 Å². The Morgan fingerprint density at radius 1 is 1.56 bits per heavy atom. The van der Waals surface area contributed by atoms with Crippen molar-refractivity contribution < 1.29 is 14.3 Å². The van der Waals surface area contributed by atoms with Crippen LogP contribution in [0.3, 0.4) is 0 Å². The van der Waals surface area contributed by atoms with Crippen LogP contribution < -0.4 is 10.5 Å². The summed E-state index contributed by atoms with van der Waals surface area (Å²) in [5, 5.41) is 0. The van der Waals surface area contributed by atoms with E-state index in [4.69, 9.17) is 10.5 Å². The average Bonchev–Trinajstić information content (AvgIpc) is 2.35. The number of nitrogens with two attached hydrogens (primary N) is 1. The summed E-state index contributed by atoms with van der Waals surface area (Å²) in [5.41, 5.74) is 6.75. The van der Waals surface area contributed by atoms with E-state index in [1.807, 2.05) is 6.07 Å². The predicted octanol–water partition coefficient (Wildman–Crippen LogP) is 1.04. The Labute approximate surface area is 94.6 Å². The molecule has 0 aromatic carbocycles. The maximum absolute atomic E-state index is 11.0. The number of aromatic nitrogens is 1. The van der Waals surface area contributed by atoms with E-state index >= 15 is 0 Å². The molecule has 5 nitrogen and oxygen atoms in total. The van der Waals surface area contributed by atoms with Gasteiger partial charge in [0, 0.05) is 24.2 Å². The number of hydrogen-bond acceptors (Lipinski definition) is 5. The standard InChI is InChI=1S/C11H16N2O3/c1-15-10(14)6-5-9(12)8-4-3-7-13-11(8)16-2/h3-4,7,9H,5-6,12H2,1-2H3. The highest BCUT2D eigenvalue weighted by Gasteiger charge is 2.14. The molecule has 0 fully saturated rings. The smallest absolute Gasteiger partial charge is 0.305 e. The lowest BCUT2D eigenvalue weighted by molar-refractivity contribution is -0.140. The Hall–Kier alpha value is -1.62. The molecule has 0 radical (unpaired) electrons. The lowest BCUT2D eigenvalue weighted by atomic mass is 10.0. The molecule has 0 saturated heterocycles. The second-order valence-electron chi connectivity index (χ2n) is 3.32. The normalized spacial score (nSPS) is 11.9. The number of carbonyl (C=O) groups is 1. The van der Waals surface area contributed by atoms with Crippen LogP contribution >= 0.6 is 0 Å². The molecule has 0 saturated carbocycles. The minimum absolute atomic E-state index is 0.265. The van der Waals surface area contributed by atoms with E-state index in [9.17, 15) is 4.79 Å². The fourth-order valence-electron chi connectivity index (χ4n) is 1.39. The summed E-state index contributed by atoms with van der Waals surface area (Å²) in [4.78, 5) is 15.0. The number of carbonyl (C=O) groups excluding carboxylic acids is 1. The SMILES string of the molecule is COC(=O)CCC(N)c1cccnc1OC. The lowest BCUT2D eigenvalue weighted by Crippen LogP contribution is -2.14. The molecule has 1 atom stereocenters. The van der Waals surface area contributed by atoms with Gasteiger partial charge in [-0.15, -0.1) is 0 Å². The summed E-state index contributed by atoms with van der Waals surface area (Å²) in [5.74, 6) is 0.234. The van der Waals surface area contributed by atoms with Crippen molar-refractivity contribution in [3.8, 4) is 5.88 Å². The fraction of sp³-hybridized carbons (Fsp3) is 0.455. The highest BCUT2D eigenvalue weighted by atomic mass is 16.5. The van der Waals surface area contributed by atoms with Gasteiger partial charge in [-0.25, -0.2) is 4.98 Å². The first-order chi connectivity index (χ1) is 7.69. The zero-order chi connectivity index (χ0) is 12.0. The van der Waals surface area contributed by atoms with E-state index in [1.165, 1.54) is 7.11 Å². The van der Waals surface area contributed by atoms with Gasteiger partial charge in [0.15, 0.2) is 0 Å². The second kappa shape index (κ2) is 6.07. The quantitative estimate of drug-likeness (QED) is 0.756. The molecule has 1 rings (SSSR count). The summed E-state index contributed by atoms with van der Waals surface area (Å²) >= 11 is 0. The maximum Gasteiger partial charge on any atom is 0.305 e. The van der Waals surface area contributed by atoms with Crippen LogP contribution in [0.2, 0.25) is 0 Å². The molecule has 1 aromatic rings. The summed E-state index contributed by atoms with van der Waals surface area (Å²) in [6, 6.07) is 3.35. The molecule has 0 bridgehead atoms. The molecule has 0 aliphatic rings. The van der Waals surface area contributed by atoms with E-state index in [0.717, 1.165) is 5.56 Å². The van der Waals surface area contributed by atoms with E-state index < -0.39 is 0 Å². The Balaban J connectivity index is 2.65. The number of pyridine rings is 1. The van der Waals surface area contributed by atoms with E-state index in [1.54, 1.807) is 19.4 Å². The summed E-state index contributed by atoms with van der Waals surface area (Å²) in [6.45, 7) is 0. The maximum atomic E-state index is 11.0. The Bertz CT molecular complexity index is 355. The zero-order valence-corrected chi connectivity index (χ0v) is 9.47. The molecule has 16 heavy (non-hydrogen) atoms. The third-order valence-corrected chi connectivity index (χ3v) is 2.28. The van der Waals surface area contributed by atoms with E-state index in [-0.39, 0.29) is 18.4 Å². The van der Waals surface area contributed by atoms with Crippen LogP contribution in [0.5, 0.6) is 5.88 Å². The monoisotopic (exact) mass is 224 g/mol. The van der Waals surface area contributed by atoms with Crippen molar-refractivity contribution in [1.82, 2.24) is 4.98 Å². The fourth-order valence-corrected chi connectivity index (χ4v) is 1.39. The molecular formula is C11H16N2O3. The Morgan fingerprint density at radius 2 is 2.31 bits per heavy atom. The zero-order valence-electron chi connectivity index (χ0n) is 9.47. The average molecular weight is 224 g/mol. The molecule has 2 N–H and O–H groups in total. The van der Waals surface area contributed by atoms with Crippen molar-refractivity contribution in [2.45, 2.75) is 18.9 Å². The van der Waals surface area contributed by atoms with Gasteiger partial charge >= 0.3 is 5.97 Å². The third-order valence-electron chi connectivity index (χ3n) is 2.28. The van der Waals surface area contributed by atoms with Gasteiger partial charge in [0.25, 0.3) is 0 Å². The molecule has 0 spiro atoms. The van der Waals surface area contributed by atoms with Gasteiger partial charge in [-0.3, -0.25) is 4.79 Å². The van der Waals surface area contributed by atoms with Crippen molar-refractivity contribution in [3.63, 3.8) is 0 Å². The topological polar surface area (TPSA) is 74.4 Å². The van der Waals surface area contributed by atoms with Crippen molar-refractivity contribution in [2.75, 3.05) is 14.2 Å². The molecule has 0 aliphatic heterocycles. The first-order valence-electron chi connectivity index (χ1n) is 5.00. The number of ether oxygens (including phenoxy) is 2. The van der Waals surface area contributed by atoms with Crippen LogP contribution in [0.1, 0.15) is 24.4 Å². The van der Waals surface area contributed by atoms with Crippen LogP contribution in [-0.2, 0) is 9.53 Å². The van der Waals surface area contributed by atoms with Crippen molar-refractivity contribution in [3.05, 3.63) is 23.9 Å². The number of hydrogen-bond donors (Lipinski definition) is 1. The van der Waals surface area contributed by atoms with E-state index in [2.05, 4.69) is 9.72 Å². The highest BCUT2D eigenvalue weighted by Crippen LogP contribution is 2.23. The van der Waals surface area contributed by atoms with Crippen LogP contribution in [0, 0.1) is 0 Å². The van der Waals surface area contributed by atoms with E-state index in [0.29, 0.717) is 12.3 Å². The number of nitrogens with zero attached hydrogens (tertiary/aromatic N) is 1. The van der Waals surface area contributed by atoms with Gasteiger partial charge in [-0.1, -0.05) is 6.07 Å². The summed E-state index contributed by atoms with van der Waals surface area (Å²) < 4.78 is 9.64. The highest BCUT2D eigenvalue weighted by molar-refractivity contribution is 5.69. The molecular weight excluding hydrogens is 208 g/mol. The number of methoxy groups -OCH3 is 2. The van der Waals surface area contributed by atoms with Gasteiger partial charge in [-0.05, 0) is 12.5 Å². The van der Waals surface area contributed by atoms with Gasteiger partial charge in [0.05, 0.1) is 14.2 Å². The minimum atomic E-state index is -0.275. The molecule has 0 aliphatic carbocycles. The Kier molecular flexibility index (Phi) is 4.72. The van der Waals surface area contributed by atoms with Crippen LogP contribution in [-0.4, -0.2) is 25.2 Å². The number of rotatable bonds is 5. The molecule has 1 heterocycles. The summed E-state index contributed by atoms with van der Waals surface area (Å²) in [7, 11) is 2.90. The van der Waals surface area contributed by atoms with Crippen LogP contribution in [0.25, 0.3) is 0 Å². The van der Waals surface area contributed by atoms with Crippen molar-refractivity contribution >= 4 is 5.97 Å². The van der Waals surface area contributed by atoms with Gasteiger partial charge in [0.2, 0.25) is 5.88 Å². The summed E-state index contributed by atoms with van der Waals surface area (Å²) in [6.07, 6.45) is 2.43. The molecule has 5 heteroatoms. The first kappa shape index (κ1) is 12.4. The van der Waals surface area contributed by atoms with Gasteiger partial charge < -0.3 is 15.2 Å². The van der Waals surface area contributed by atoms with Gasteiger partial charge in [0.1, 0.15) is 0 Å². The van der Waals surface area contributed by atoms with Gasteiger partial charge in [-0.2, -0.15) is 0 Å². The lowest BCUT2D eigenvalue weighted by Gasteiger charge is -2.13. The molecule has 88 valence electrons. The second-order valence-corrected chi connectivity index (χ2v) is 3.32. The van der Waals surface area contributed by atoms with Crippen molar-refractivity contribution in [2.24, 2.45) is 5.73 Å². The third kappa shape index (κ3) is 3.20. The molecule has 1 unspecified atom stereocenters. The first-order valence-corrected chi connectivity index (χ1v) is 5.00.